The number of benzene rings is 2. The molecule has 0 aromatic heterocycles. The van der Waals surface area contributed by atoms with E-state index < -0.39 is 29.6 Å². The van der Waals surface area contributed by atoms with E-state index in [1.807, 2.05) is 36.4 Å². The van der Waals surface area contributed by atoms with Gasteiger partial charge in [0.15, 0.2) is 0 Å². The van der Waals surface area contributed by atoms with Gasteiger partial charge in [0.1, 0.15) is 18.2 Å². The largest absolute Gasteiger partial charge is 0.480 e. The van der Waals surface area contributed by atoms with E-state index in [4.69, 9.17) is 9.47 Å². The summed E-state index contributed by atoms with van der Waals surface area (Å²) in [5, 5.41) is 15.0. The van der Waals surface area contributed by atoms with Crippen LogP contribution in [0.1, 0.15) is 43.7 Å². The van der Waals surface area contributed by atoms with Crippen molar-refractivity contribution in [3.8, 4) is 11.1 Å². The number of carbonyl (C=O) groups is 3. The summed E-state index contributed by atoms with van der Waals surface area (Å²) in [7, 11) is 0. The normalized spacial score (nSPS) is 17.4. The van der Waals surface area contributed by atoms with Crippen molar-refractivity contribution < 1.29 is 29.0 Å². The lowest BCUT2D eigenvalue weighted by Crippen LogP contribution is -2.62. The average Bonchev–Trinajstić information content (AvgIpc) is 3.15. The maximum atomic E-state index is 13.0. The van der Waals surface area contributed by atoms with Crippen molar-refractivity contribution in [3.05, 3.63) is 59.7 Å². The number of carbonyl (C=O) groups excluding carboxylic acids is 2. The molecule has 0 unspecified atom stereocenters. The Morgan fingerprint density at radius 2 is 1.59 bits per heavy atom. The molecule has 0 saturated carbocycles. The van der Waals surface area contributed by atoms with Gasteiger partial charge < -0.3 is 25.2 Å². The SMILES string of the molecule is CC(C)[C@H](NC(=O)OCC1c2ccccc2-c2ccccc21)C(=O)NC1(C(=O)O)CCOCC1. The third kappa shape index (κ3) is 4.63. The molecule has 180 valence electrons. The number of fused-ring (bicyclic) bond motifs is 3. The van der Waals surface area contributed by atoms with Crippen molar-refractivity contribution in [2.24, 2.45) is 5.92 Å². The van der Waals surface area contributed by atoms with Crippen LogP contribution in [-0.2, 0) is 19.1 Å². The van der Waals surface area contributed by atoms with Crippen LogP contribution in [-0.4, -0.2) is 54.5 Å². The van der Waals surface area contributed by atoms with Gasteiger partial charge in [0.05, 0.1) is 0 Å². The highest BCUT2D eigenvalue weighted by Gasteiger charge is 2.43. The smallest absolute Gasteiger partial charge is 0.407 e. The fraction of sp³-hybridized carbons (Fsp3) is 0.423. The van der Waals surface area contributed by atoms with Crippen LogP contribution in [0.15, 0.2) is 48.5 Å². The topological polar surface area (TPSA) is 114 Å². The van der Waals surface area contributed by atoms with Crippen molar-refractivity contribution in [1.29, 1.82) is 0 Å². The molecule has 1 fully saturated rings. The van der Waals surface area contributed by atoms with Crippen molar-refractivity contribution in [3.63, 3.8) is 0 Å². The molecule has 1 aliphatic carbocycles. The first-order chi connectivity index (χ1) is 16.3. The predicted octanol–water partition coefficient (Wildman–Crippen LogP) is 3.30. The quantitative estimate of drug-likeness (QED) is 0.577. The van der Waals surface area contributed by atoms with Crippen molar-refractivity contribution >= 4 is 18.0 Å². The summed E-state index contributed by atoms with van der Waals surface area (Å²) in [5.74, 6) is -2.02. The second-order valence-electron chi connectivity index (χ2n) is 9.18. The zero-order valence-corrected chi connectivity index (χ0v) is 19.4. The number of amides is 2. The molecule has 4 rings (SSSR count). The van der Waals surface area contributed by atoms with Crippen molar-refractivity contribution in [2.45, 2.75) is 44.2 Å². The van der Waals surface area contributed by atoms with E-state index in [2.05, 4.69) is 22.8 Å². The van der Waals surface area contributed by atoms with Gasteiger partial charge in [-0.2, -0.15) is 0 Å². The van der Waals surface area contributed by atoms with Gasteiger partial charge in [-0.3, -0.25) is 4.79 Å². The molecule has 0 bridgehead atoms. The molecule has 2 aromatic rings. The lowest BCUT2D eigenvalue weighted by molar-refractivity contribution is -0.152. The number of hydrogen-bond acceptors (Lipinski definition) is 5. The highest BCUT2D eigenvalue weighted by atomic mass is 16.5. The van der Waals surface area contributed by atoms with Gasteiger partial charge >= 0.3 is 12.1 Å². The molecule has 2 aromatic carbocycles. The fourth-order valence-corrected chi connectivity index (χ4v) is 4.73. The minimum atomic E-state index is -1.40. The van der Waals surface area contributed by atoms with E-state index in [-0.39, 0.29) is 44.5 Å². The van der Waals surface area contributed by atoms with Gasteiger partial charge in [-0.15, -0.1) is 0 Å². The summed E-state index contributed by atoms with van der Waals surface area (Å²) in [4.78, 5) is 37.6. The highest BCUT2D eigenvalue weighted by molar-refractivity contribution is 5.91. The lowest BCUT2D eigenvalue weighted by atomic mass is 9.89. The fourth-order valence-electron chi connectivity index (χ4n) is 4.73. The minimum absolute atomic E-state index is 0.0954. The second kappa shape index (κ2) is 9.85. The lowest BCUT2D eigenvalue weighted by Gasteiger charge is -2.35. The van der Waals surface area contributed by atoms with Crippen molar-refractivity contribution in [1.82, 2.24) is 10.6 Å². The first-order valence-electron chi connectivity index (χ1n) is 11.6. The Labute approximate surface area is 198 Å². The Hall–Kier alpha value is -3.39. The van der Waals surface area contributed by atoms with E-state index in [0.717, 1.165) is 22.3 Å². The minimum Gasteiger partial charge on any atom is -0.480 e. The summed E-state index contributed by atoms with van der Waals surface area (Å²) in [6.07, 6.45) is -0.375. The molecule has 34 heavy (non-hydrogen) atoms. The molecular formula is C26H30N2O6. The van der Waals surface area contributed by atoms with Gasteiger partial charge in [0.25, 0.3) is 0 Å². The zero-order chi connectivity index (χ0) is 24.3. The molecule has 1 saturated heterocycles. The van der Waals surface area contributed by atoms with Crippen LogP contribution in [0.25, 0.3) is 11.1 Å². The number of ether oxygens (including phenoxy) is 2. The van der Waals surface area contributed by atoms with Gasteiger partial charge in [0.2, 0.25) is 5.91 Å². The summed E-state index contributed by atoms with van der Waals surface area (Å²) in [6, 6.07) is 15.1. The van der Waals surface area contributed by atoms with Gasteiger partial charge in [-0.25, -0.2) is 9.59 Å². The molecule has 8 nitrogen and oxygen atoms in total. The van der Waals surface area contributed by atoms with Crippen LogP contribution in [0.3, 0.4) is 0 Å². The zero-order valence-electron chi connectivity index (χ0n) is 19.4. The standard InChI is InChI=1S/C26H30N2O6/c1-16(2)22(23(29)28-26(24(30)31)11-13-33-14-12-26)27-25(32)34-15-21-19-9-5-3-7-17(19)18-8-4-6-10-20(18)21/h3-10,16,21-22H,11-15H2,1-2H3,(H,27,32)(H,28,29)(H,30,31)/t22-/m0/s1. The van der Waals surface area contributed by atoms with Crippen LogP contribution in [0.4, 0.5) is 4.79 Å². The van der Waals surface area contributed by atoms with Gasteiger partial charge in [-0.1, -0.05) is 62.4 Å². The Bertz CT molecular complexity index is 1030. The van der Waals surface area contributed by atoms with E-state index >= 15 is 0 Å². The number of rotatable bonds is 7. The van der Waals surface area contributed by atoms with Crippen LogP contribution < -0.4 is 10.6 Å². The molecule has 0 radical (unpaired) electrons. The van der Waals surface area contributed by atoms with Crippen molar-refractivity contribution in [2.75, 3.05) is 19.8 Å². The molecule has 1 atom stereocenters. The third-order valence-corrected chi connectivity index (χ3v) is 6.68. The van der Waals surface area contributed by atoms with E-state index in [0.29, 0.717) is 0 Å². The Morgan fingerprint density at radius 1 is 1.03 bits per heavy atom. The predicted molar refractivity (Wildman–Crippen MR) is 125 cm³/mol. The number of alkyl carbamates (subject to hydrolysis) is 1. The van der Waals surface area contributed by atoms with Crippen LogP contribution >= 0.6 is 0 Å². The third-order valence-electron chi connectivity index (χ3n) is 6.68. The maximum absolute atomic E-state index is 13.0. The molecule has 2 aliphatic rings. The maximum Gasteiger partial charge on any atom is 0.407 e. The molecular weight excluding hydrogens is 436 g/mol. The molecule has 8 heteroatoms. The number of hydrogen-bond donors (Lipinski definition) is 3. The molecule has 0 spiro atoms. The summed E-state index contributed by atoms with van der Waals surface area (Å²) >= 11 is 0. The van der Waals surface area contributed by atoms with E-state index in [1.165, 1.54) is 0 Å². The first kappa shape index (κ1) is 23.8. The van der Waals surface area contributed by atoms with Gasteiger partial charge in [0, 0.05) is 32.0 Å². The molecule has 2 amide bonds. The number of carboxylic acids is 1. The summed E-state index contributed by atoms with van der Waals surface area (Å²) in [5.41, 5.74) is 3.05. The molecule has 1 aliphatic heterocycles. The molecule has 3 N–H and O–H groups in total. The second-order valence-corrected chi connectivity index (χ2v) is 9.18. The Balaban J connectivity index is 1.42. The Morgan fingerprint density at radius 3 is 2.12 bits per heavy atom. The number of nitrogens with one attached hydrogen (secondary N) is 2. The first-order valence-corrected chi connectivity index (χ1v) is 11.6. The Kier molecular flexibility index (Phi) is 6.88. The van der Waals surface area contributed by atoms with Crippen LogP contribution in [0.2, 0.25) is 0 Å². The highest BCUT2D eigenvalue weighted by Crippen LogP contribution is 2.44. The van der Waals surface area contributed by atoms with Crippen LogP contribution in [0, 0.1) is 5.92 Å². The molecule has 1 heterocycles. The number of aliphatic carboxylic acids is 1. The monoisotopic (exact) mass is 466 g/mol. The van der Waals surface area contributed by atoms with Crippen LogP contribution in [0.5, 0.6) is 0 Å². The average molecular weight is 467 g/mol. The summed E-state index contributed by atoms with van der Waals surface area (Å²) < 4.78 is 10.8. The van der Waals surface area contributed by atoms with Gasteiger partial charge in [-0.05, 0) is 28.2 Å². The summed E-state index contributed by atoms with van der Waals surface area (Å²) in [6.45, 7) is 4.19. The van der Waals surface area contributed by atoms with E-state index in [1.54, 1.807) is 13.8 Å². The number of carboxylic acid groups (broad SMARTS) is 1. The van der Waals surface area contributed by atoms with E-state index in [9.17, 15) is 19.5 Å².